The van der Waals surface area contributed by atoms with E-state index < -0.39 is 11.7 Å². The van der Waals surface area contributed by atoms with Crippen LogP contribution in [0.2, 0.25) is 0 Å². The molecule has 0 unspecified atom stereocenters. The fraction of sp³-hybridized carbons (Fsp3) is 0.304. The van der Waals surface area contributed by atoms with E-state index in [1.807, 2.05) is 36.4 Å². The Bertz CT molecular complexity index is 1110. The van der Waals surface area contributed by atoms with Crippen molar-refractivity contribution in [1.82, 2.24) is 25.1 Å². The van der Waals surface area contributed by atoms with E-state index in [0.717, 1.165) is 24.1 Å². The molecule has 0 spiro atoms. The number of rotatable bonds is 10. The highest BCUT2D eigenvalue weighted by Gasteiger charge is 2.07. The van der Waals surface area contributed by atoms with E-state index in [2.05, 4.69) is 31.1 Å². The van der Waals surface area contributed by atoms with Gasteiger partial charge in [-0.1, -0.05) is 30.3 Å². The van der Waals surface area contributed by atoms with Crippen LogP contribution in [0.4, 0.5) is 16.4 Å². The number of anilines is 2. The summed E-state index contributed by atoms with van der Waals surface area (Å²) in [6.07, 6.45) is 4.15. The predicted molar refractivity (Wildman–Crippen MR) is 125 cm³/mol. The maximum absolute atomic E-state index is 12.1. The summed E-state index contributed by atoms with van der Waals surface area (Å²) in [5.41, 5.74) is 1.32. The second-order valence-corrected chi connectivity index (χ2v) is 7.35. The average molecular weight is 450 g/mol. The third-order valence-corrected chi connectivity index (χ3v) is 4.73. The number of amides is 3. The van der Waals surface area contributed by atoms with Crippen molar-refractivity contribution in [2.45, 2.75) is 39.2 Å². The summed E-state index contributed by atoms with van der Waals surface area (Å²) in [6.45, 7) is 2.79. The molecule has 33 heavy (non-hydrogen) atoms. The quantitative estimate of drug-likeness (QED) is 0.407. The monoisotopic (exact) mass is 449 g/mol. The highest BCUT2D eigenvalue weighted by atomic mass is 16.2. The van der Waals surface area contributed by atoms with Gasteiger partial charge >= 0.3 is 11.7 Å². The Morgan fingerprint density at radius 2 is 1.76 bits per heavy atom. The van der Waals surface area contributed by atoms with Crippen molar-refractivity contribution in [2.75, 3.05) is 17.2 Å². The van der Waals surface area contributed by atoms with Gasteiger partial charge in [0.05, 0.1) is 12.1 Å². The minimum absolute atomic E-state index is 0.144. The van der Waals surface area contributed by atoms with E-state index in [0.29, 0.717) is 25.3 Å². The number of urea groups is 1. The second-order valence-electron chi connectivity index (χ2n) is 7.35. The highest BCUT2D eigenvalue weighted by molar-refractivity contribution is 5.91. The summed E-state index contributed by atoms with van der Waals surface area (Å²) in [5, 5.41) is 16.1. The Morgan fingerprint density at radius 3 is 2.45 bits per heavy atom. The van der Waals surface area contributed by atoms with Crippen molar-refractivity contribution < 1.29 is 9.59 Å². The molecule has 2 heterocycles. The molecule has 3 aromatic rings. The van der Waals surface area contributed by atoms with Gasteiger partial charge < -0.3 is 10.6 Å². The van der Waals surface area contributed by atoms with Crippen molar-refractivity contribution >= 4 is 23.6 Å². The number of nitrogens with zero attached hydrogens (tertiary/aromatic N) is 4. The first-order valence-corrected chi connectivity index (χ1v) is 10.8. The summed E-state index contributed by atoms with van der Waals surface area (Å²) in [6, 6.07) is 14.3. The zero-order valence-electron chi connectivity index (χ0n) is 18.5. The molecule has 10 nitrogen and oxygen atoms in total. The molecule has 2 aromatic heterocycles. The molecule has 3 amide bonds. The number of carbonyl (C=O) groups is 2. The Balaban J connectivity index is 1.40. The van der Waals surface area contributed by atoms with Gasteiger partial charge in [-0.15, -0.1) is 5.10 Å². The van der Waals surface area contributed by atoms with Crippen LogP contribution in [0.1, 0.15) is 31.0 Å². The summed E-state index contributed by atoms with van der Waals surface area (Å²) < 4.78 is 1.50. The molecule has 0 radical (unpaired) electrons. The molecular weight excluding hydrogens is 422 g/mol. The van der Waals surface area contributed by atoms with Gasteiger partial charge in [-0.3, -0.25) is 14.7 Å². The normalized spacial score (nSPS) is 10.5. The summed E-state index contributed by atoms with van der Waals surface area (Å²) in [7, 11) is 0. The van der Waals surface area contributed by atoms with Crippen LogP contribution in [0, 0.1) is 0 Å². The smallest absolute Gasteiger partial charge is 0.338 e. The third-order valence-electron chi connectivity index (χ3n) is 4.73. The van der Waals surface area contributed by atoms with E-state index in [9.17, 15) is 14.4 Å². The molecule has 0 bridgehead atoms. The molecule has 0 atom stereocenters. The number of nitrogens with one attached hydrogen (secondary N) is 3. The highest BCUT2D eigenvalue weighted by Crippen LogP contribution is 2.08. The number of benzene rings is 1. The summed E-state index contributed by atoms with van der Waals surface area (Å²) in [4.78, 5) is 39.6. The van der Waals surface area contributed by atoms with Gasteiger partial charge in [0.15, 0.2) is 5.82 Å². The maximum Gasteiger partial charge on any atom is 0.349 e. The van der Waals surface area contributed by atoms with E-state index in [-0.39, 0.29) is 18.1 Å². The molecule has 0 aliphatic carbocycles. The van der Waals surface area contributed by atoms with Crippen LogP contribution in [0.3, 0.4) is 0 Å². The van der Waals surface area contributed by atoms with E-state index >= 15 is 0 Å². The fourth-order valence-corrected chi connectivity index (χ4v) is 3.11. The standard InChI is InChI=1S/C23H27N7O3/c1-2-24-22(32)26-19-13-15-30(23(33)27-19)14-7-6-10-18-11-12-20(29-28-18)25-21(31)16-17-8-4-3-5-9-17/h3-5,8-9,11-13,15H,2,6-7,10,14,16H2,1H3,(H,25,29,31)(H2,24,26,27,32,33). The van der Waals surface area contributed by atoms with Crippen LogP contribution in [0.5, 0.6) is 0 Å². The SMILES string of the molecule is CCNC(=O)Nc1ccn(CCCCc2ccc(NC(=O)Cc3ccccc3)nn2)c(=O)n1. The van der Waals surface area contributed by atoms with Gasteiger partial charge in [-0.2, -0.15) is 10.1 Å². The molecule has 172 valence electrons. The summed E-state index contributed by atoms with van der Waals surface area (Å²) >= 11 is 0. The number of aryl methyl sites for hydroxylation is 2. The fourth-order valence-electron chi connectivity index (χ4n) is 3.11. The topological polar surface area (TPSA) is 131 Å². The molecule has 1 aromatic carbocycles. The minimum atomic E-state index is -0.417. The van der Waals surface area contributed by atoms with Crippen molar-refractivity contribution in [2.24, 2.45) is 0 Å². The van der Waals surface area contributed by atoms with Crippen molar-refractivity contribution in [3.05, 3.63) is 76.5 Å². The first kappa shape index (κ1) is 23.6. The van der Waals surface area contributed by atoms with Crippen molar-refractivity contribution in [3.8, 4) is 0 Å². The molecule has 0 saturated heterocycles. The number of hydrogen-bond acceptors (Lipinski definition) is 6. The molecule has 3 rings (SSSR count). The summed E-state index contributed by atoms with van der Waals surface area (Å²) in [5.74, 6) is 0.488. The Morgan fingerprint density at radius 1 is 0.939 bits per heavy atom. The predicted octanol–water partition coefficient (Wildman–Crippen LogP) is 2.38. The van der Waals surface area contributed by atoms with Gasteiger partial charge in [0, 0.05) is 19.3 Å². The Labute approximate surface area is 191 Å². The van der Waals surface area contributed by atoms with Gasteiger partial charge in [-0.25, -0.2) is 9.59 Å². The van der Waals surface area contributed by atoms with Gasteiger partial charge in [0.1, 0.15) is 5.82 Å². The van der Waals surface area contributed by atoms with Crippen LogP contribution in [-0.2, 0) is 24.2 Å². The molecule has 10 heteroatoms. The second kappa shape index (κ2) is 12.1. The lowest BCUT2D eigenvalue weighted by Crippen LogP contribution is -2.30. The third kappa shape index (κ3) is 7.84. The zero-order valence-corrected chi connectivity index (χ0v) is 18.5. The lowest BCUT2D eigenvalue weighted by molar-refractivity contribution is -0.115. The Kier molecular flexibility index (Phi) is 8.63. The first-order chi connectivity index (χ1) is 16.0. The Hall–Kier alpha value is -4.08. The number of hydrogen-bond donors (Lipinski definition) is 3. The molecule has 3 N–H and O–H groups in total. The van der Waals surface area contributed by atoms with Crippen molar-refractivity contribution in [1.29, 1.82) is 0 Å². The van der Waals surface area contributed by atoms with Crippen LogP contribution in [-0.4, -0.2) is 38.2 Å². The minimum Gasteiger partial charge on any atom is -0.338 e. The van der Waals surface area contributed by atoms with Gasteiger partial charge in [0.25, 0.3) is 0 Å². The van der Waals surface area contributed by atoms with Gasteiger partial charge in [0.2, 0.25) is 5.91 Å². The van der Waals surface area contributed by atoms with E-state index in [1.165, 1.54) is 4.57 Å². The molecule has 0 fully saturated rings. The molecule has 0 aliphatic heterocycles. The lowest BCUT2D eigenvalue weighted by Gasteiger charge is -2.08. The molecule has 0 saturated carbocycles. The van der Waals surface area contributed by atoms with Crippen LogP contribution in [0.15, 0.2) is 59.5 Å². The largest absolute Gasteiger partial charge is 0.349 e. The van der Waals surface area contributed by atoms with Gasteiger partial charge in [-0.05, 0) is 49.9 Å². The van der Waals surface area contributed by atoms with Crippen LogP contribution >= 0.6 is 0 Å². The molecular formula is C23H27N7O3. The zero-order chi connectivity index (χ0) is 23.5. The van der Waals surface area contributed by atoms with E-state index in [4.69, 9.17) is 0 Å². The lowest BCUT2D eigenvalue weighted by atomic mass is 10.1. The van der Waals surface area contributed by atoms with E-state index in [1.54, 1.807) is 25.3 Å². The van der Waals surface area contributed by atoms with Crippen molar-refractivity contribution in [3.63, 3.8) is 0 Å². The van der Waals surface area contributed by atoms with Crippen LogP contribution in [0.25, 0.3) is 0 Å². The number of aromatic nitrogens is 4. The number of carbonyl (C=O) groups excluding carboxylic acids is 2. The van der Waals surface area contributed by atoms with Crippen LogP contribution < -0.4 is 21.6 Å². The molecule has 0 aliphatic rings. The number of unbranched alkanes of at least 4 members (excludes halogenated alkanes) is 1. The average Bonchev–Trinajstić information content (AvgIpc) is 2.80. The maximum atomic E-state index is 12.1. The first-order valence-electron chi connectivity index (χ1n) is 10.8.